The van der Waals surface area contributed by atoms with Gasteiger partial charge in [-0.25, -0.2) is 4.79 Å². The molecule has 1 heterocycles. The first kappa shape index (κ1) is 25.6. The molecule has 0 bridgehead atoms. The Morgan fingerprint density at radius 1 is 1.16 bits per heavy atom. The van der Waals surface area contributed by atoms with Crippen LogP contribution in [-0.4, -0.2) is 48.4 Å². The van der Waals surface area contributed by atoms with Crippen LogP contribution in [0.2, 0.25) is 0 Å². The summed E-state index contributed by atoms with van der Waals surface area (Å²) in [6, 6.07) is 11.3. The Hall–Kier alpha value is -2.65. The second kappa shape index (κ2) is 10.8. The van der Waals surface area contributed by atoms with Crippen molar-refractivity contribution in [2.24, 2.45) is 0 Å². The maximum Gasteiger partial charge on any atom is 0.416 e. The molecule has 11 heteroatoms. The van der Waals surface area contributed by atoms with Crippen LogP contribution in [-0.2, 0) is 11.0 Å². The molecule has 3 amide bonds. The minimum absolute atomic E-state index is 0.0672. The van der Waals surface area contributed by atoms with E-state index in [9.17, 15) is 22.8 Å². The van der Waals surface area contributed by atoms with Crippen molar-refractivity contribution in [2.75, 3.05) is 30.9 Å². The minimum atomic E-state index is -4.40. The fourth-order valence-corrected chi connectivity index (χ4v) is 2.96. The molecule has 32 heavy (non-hydrogen) atoms. The molecule has 0 radical (unpaired) electrons. The van der Waals surface area contributed by atoms with E-state index in [-0.39, 0.29) is 17.6 Å². The van der Waals surface area contributed by atoms with E-state index in [0.29, 0.717) is 12.4 Å². The molecule has 174 valence electrons. The number of halogens is 5. The van der Waals surface area contributed by atoms with Crippen LogP contribution in [0.25, 0.3) is 0 Å². The lowest BCUT2D eigenvalue weighted by atomic mass is 10.1. The Bertz CT molecular complexity index is 955. The summed E-state index contributed by atoms with van der Waals surface area (Å²) in [5.74, 6) is 0.370. The highest BCUT2D eigenvalue weighted by atomic mass is 35.5. The summed E-state index contributed by atoms with van der Waals surface area (Å²) < 4.78 is 42.5. The lowest BCUT2D eigenvalue weighted by molar-refractivity contribution is -0.137. The highest BCUT2D eigenvalue weighted by Gasteiger charge is 2.32. The molecule has 6 nitrogen and oxygen atoms in total. The average molecular weight is 492 g/mol. The van der Waals surface area contributed by atoms with Gasteiger partial charge in [-0.2, -0.15) is 13.2 Å². The van der Waals surface area contributed by atoms with Gasteiger partial charge in [0.2, 0.25) is 0 Å². The number of anilines is 2. The highest BCUT2D eigenvalue weighted by Crippen LogP contribution is 2.34. The van der Waals surface area contributed by atoms with Crippen molar-refractivity contribution in [3.8, 4) is 5.75 Å². The number of fused-ring (bicyclic) bond motifs is 1. The third kappa shape index (κ3) is 6.67. The lowest BCUT2D eigenvalue weighted by Gasteiger charge is -2.35. The summed E-state index contributed by atoms with van der Waals surface area (Å²) in [5, 5.41) is 2.34. The van der Waals surface area contributed by atoms with Gasteiger partial charge in [-0.05, 0) is 37.3 Å². The van der Waals surface area contributed by atoms with E-state index in [2.05, 4.69) is 5.32 Å². The van der Waals surface area contributed by atoms with Crippen LogP contribution in [0.1, 0.15) is 12.5 Å². The van der Waals surface area contributed by atoms with E-state index in [4.69, 9.17) is 27.9 Å². The maximum absolute atomic E-state index is 12.3. The number of nitrogens with one attached hydrogen (secondary N) is 1. The van der Waals surface area contributed by atoms with E-state index in [1.165, 1.54) is 31.1 Å². The van der Waals surface area contributed by atoms with Gasteiger partial charge < -0.3 is 19.9 Å². The summed E-state index contributed by atoms with van der Waals surface area (Å²) in [6.07, 6.45) is -4.40. The van der Waals surface area contributed by atoms with Gasteiger partial charge >= 0.3 is 12.2 Å². The van der Waals surface area contributed by atoms with Gasteiger partial charge in [0.05, 0.1) is 17.3 Å². The second-order valence-electron chi connectivity index (χ2n) is 7.04. The number of benzene rings is 2. The molecule has 1 aliphatic rings. The largest absolute Gasteiger partial charge is 0.489 e. The number of nitrogens with zero attached hydrogens (tertiary/aromatic N) is 2. The zero-order valence-electron chi connectivity index (χ0n) is 17.5. The third-order valence-electron chi connectivity index (χ3n) is 4.32. The van der Waals surface area contributed by atoms with Crippen molar-refractivity contribution in [2.45, 2.75) is 24.0 Å². The van der Waals surface area contributed by atoms with Crippen LogP contribution < -0.4 is 15.0 Å². The second-order valence-corrected chi connectivity index (χ2v) is 8.14. The number of urea groups is 1. The molecule has 0 saturated carbocycles. The first-order chi connectivity index (χ1) is 14.9. The first-order valence-electron chi connectivity index (χ1n) is 9.40. The number of rotatable bonds is 2. The Balaban J connectivity index is 0.000000227. The standard InChI is InChI=1S/C11H11Cl2NO2.C10H11F3N2O/c1-7-6-16-9-5-3-2-4-8(9)14(7)11(15)10(12)13;1-15(2)9(16)14-8-5-3-4-7(6-8)10(11,12)13/h2-5,7,10H,6H2,1H3;3-6H,1-2H3,(H,14,16). The Morgan fingerprint density at radius 3 is 2.41 bits per heavy atom. The molecule has 0 fully saturated rings. The average Bonchev–Trinajstić information content (AvgIpc) is 2.73. The highest BCUT2D eigenvalue weighted by molar-refractivity contribution is 6.54. The number of alkyl halides is 5. The zero-order chi connectivity index (χ0) is 24.1. The summed E-state index contributed by atoms with van der Waals surface area (Å²) >= 11 is 11.3. The molecule has 1 aliphatic heterocycles. The third-order valence-corrected chi connectivity index (χ3v) is 4.69. The van der Waals surface area contributed by atoms with Crippen molar-refractivity contribution in [3.63, 3.8) is 0 Å². The minimum Gasteiger partial charge on any atom is -0.489 e. The normalized spacial score (nSPS) is 15.2. The Morgan fingerprint density at radius 2 is 1.81 bits per heavy atom. The molecule has 2 aromatic rings. The summed E-state index contributed by atoms with van der Waals surface area (Å²) in [6.45, 7) is 2.34. The molecule has 2 aromatic carbocycles. The number of carbonyl (C=O) groups excluding carboxylic acids is 2. The number of ether oxygens (including phenoxy) is 1. The lowest BCUT2D eigenvalue weighted by Crippen LogP contribution is -2.47. The zero-order valence-corrected chi connectivity index (χ0v) is 19.0. The summed E-state index contributed by atoms with van der Waals surface area (Å²) in [4.78, 5) is 24.9. The Labute approximate surface area is 193 Å². The monoisotopic (exact) mass is 491 g/mol. The van der Waals surface area contributed by atoms with Crippen LogP contribution >= 0.6 is 23.2 Å². The van der Waals surface area contributed by atoms with Gasteiger partial charge in [0, 0.05) is 19.8 Å². The van der Waals surface area contributed by atoms with Crippen molar-refractivity contribution >= 4 is 46.5 Å². The van der Waals surface area contributed by atoms with Crippen molar-refractivity contribution in [1.82, 2.24) is 4.90 Å². The molecule has 0 aromatic heterocycles. The number of hydrogen-bond acceptors (Lipinski definition) is 3. The number of carbonyl (C=O) groups is 2. The van der Waals surface area contributed by atoms with Gasteiger partial charge in [-0.15, -0.1) is 0 Å². The molecule has 0 spiro atoms. The van der Waals surface area contributed by atoms with E-state index in [1.54, 1.807) is 4.90 Å². The van der Waals surface area contributed by atoms with Crippen molar-refractivity contribution in [3.05, 3.63) is 54.1 Å². The first-order valence-corrected chi connectivity index (χ1v) is 10.3. The molecular weight excluding hydrogens is 470 g/mol. The molecular formula is C21H22Cl2F3N3O3. The fraction of sp³-hybridized carbons (Fsp3) is 0.333. The molecule has 0 saturated heterocycles. The molecule has 1 atom stereocenters. The van der Waals surface area contributed by atoms with Gasteiger partial charge in [-0.3, -0.25) is 4.79 Å². The SMILES string of the molecule is CC1COc2ccccc2N1C(=O)C(Cl)Cl.CN(C)C(=O)Nc1cccc(C(F)(F)F)c1. The van der Waals surface area contributed by atoms with Gasteiger partial charge in [0.25, 0.3) is 5.91 Å². The van der Waals surface area contributed by atoms with E-state index >= 15 is 0 Å². The number of para-hydroxylation sites is 2. The van der Waals surface area contributed by atoms with Gasteiger partial charge in [-0.1, -0.05) is 41.4 Å². The molecule has 3 rings (SSSR count). The van der Waals surface area contributed by atoms with Crippen LogP contribution in [0.3, 0.4) is 0 Å². The van der Waals surface area contributed by atoms with E-state index in [1.807, 2.05) is 31.2 Å². The van der Waals surface area contributed by atoms with Gasteiger partial charge in [0.1, 0.15) is 12.4 Å². The molecule has 1 unspecified atom stereocenters. The quantitative estimate of drug-likeness (QED) is 0.571. The molecule has 0 aliphatic carbocycles. The van der Waals surface area contributed by atoms with E-state index < -0.39 is 22.6 Å². The summed E-state index contributed by atoms with van der Waals surface area (Å²) in [5.41, 5.74) is 0.0510. The number of hydrogen-bond donors (Lipinski definition) is 1. The molecule has 1 N–H and O–H groups in total. The van der Waals surface area contributed by atoms with Crippen LogP contribution in [0.4, 0.5) is 29.3 Å². The van der Waals surface area contributed by atoms with E-state index in [0.717, 1.165) is 17.8 Å². The van der Waals surface area contributed by atoms with Crippen molar-refractivity contribution < 1.29 is 27.5 Å². The van der Waals surface area contributed by atoms with Crippen molar-refractivity contribution in [1.29, 1.82) is 0 Å². The van der Waals surface area contributed by atoms with Crippen LogP contribution in [0.15, 0.2) is 48.5 Å². The number of amides is 3. The fourth-order valence-electron chi connectivity index (χ4n) is 2.75. The predicted octanol–water partition coefficient (Wildman–Crippen LogP) is 5.40. The topological polar surface area (TPSA) is 61.9 Å². The predicted molar refractivity (Wildman–Crippen MR) is 119 cm³/mol. The van der Waals surface area contributed by atoms with Gasteiger partial charge in [0.15, 0.2) is 4.84 Å². The maximum atomic E-state index is 12.3. The van der Waals surface area contributed by atoms with Crippen LogP contribution in [0, 0.1) is 0 Å². The van der Waals surface area contributed by atoms with Crippen LogP contribution in [0.5, 0.6) is 5.75 Å². The summed E-state index contributed by atoms with van der Waals surface area (Å²) in [7, 11) is 3.01. The smallest absolute Gasteiger partial charge is 0.416 e. The Kier molecular flexibility index (Phi) is 8.63.